The molecule has 0 spiro atoms. The van der Waals surface area contributed by atoms with Gasteiger partial charge < -0.3 is 9.47 Å². The molecule has 6 nitrogen and oxygen atoms in total. The normalized spacial score (nSPS) is 14.6. The second-order valence-corrected chi connectivity index (χ2v) is 12.2. The fraction of sp³-hybridized carbons (Fsp3) is 0.114. The molecule has 1 atom stereocenters. The van der Waals surface area contributed by atoms with Gasteiger partial charge in [0.2, 0.25) is 0 Å². The summed E-state index contributed by atoms with van der Waals surface area (Å²) >= 11 is 11.1. The molecule has 0 saturated heterocycles. The van der Waals surface area contributed by atoms with Crippen molar-refractivity contribution in [3.05, 3.63) is 160 Å². The molecule has 9 heteroatoms. The Kier molecular flexibility index (Phi) is 8.93. The van der Waals surface area contributed by atoms with Crippen LogP contribution < -0.4 is 19.6 Å². The van der Waals surface area contributed by atoms with Gasteiger partial charge in [-0.3, -0.25) is 9.36 Å². The molecule has 0 unspecified atom stereocenters. The summed E-state index contributed by atoms with van der Waals surface area (Å²) in [7, 11) is 0. The summed E-state index contributed by atoms with van der Waals surface area (Å²) < 4.78 is 14.3. The van der Waals surface area contributed by atoms with Crippen molar-refractivity contribution < 1.29 is 14.3 Å². The number of hydrogen-bond donors (Lipinski definition) is 0. The number of nitrogens with zero attached hydrogens (tertiary/aromatic N) is 2. The van der Waals surface area contributed by atoms with Gasteiger partial charge >= 0.3 is 5.97 Å². The summed E-state index contributed by atoms with van der Waals surface area (Å²) in [4.78, 5) is 33.0. The Labute approximate surface area is 271 Å². The fourth-order valence-corrected chi connectivity index (χ4v) is 6.65. The Hall–Kier alpha value is -4.24. The minimum atomic E-state index is -0.763. The van der Waals surface area contributed by atoms with Crippen molar-refractivity contribution in [1.29, 1.82) is 0 Å². The Morgan fingerprint density at radius 2 is 1.70 bits per heavy atom. The van der Waals surface area contributed by atoms with Crippen molar-refractivity contribution in [3.8, 4) is 5.75 Å². The van der Waals surface area contributed by atoms with Crippen LogP contribution in [0.5, 0.6) is 5.75 Å². The topological polar surface area (TPSA) is 69.9 Å². The minimum Gasteiger partial charge on any atom is -0.488 e. The molecule has 0 N–H and O–H groups in total. The monoisotopic (exact) mass is 684 g/mol. The van der Waals surface area contributed by atoms with E-state index >= 15 is 0 Å². The van der Waals surface area contributed by atoms with Gasteiger partial charge in [-0.05, 0) is 69.9 Å². The molecule has 0 bridgehead atoms. The maximum absolute atomic E-state index is 14.1. The molecule has 0 saturated carbocycles. The van der Waals surface area contributed by atoms with Gasteiger partial charge in [-0.1, -0.05) is 102 Å². The molecular weight excluding hydrogens is 660 g/mol. The van der Waals surface area contributed by atoms with E-state index in [-0.39, 0.29) is 12.2 Å². The zero-order valence-electron chi connectivity index (χ0n) is 23.6. The summed E-state index contributed by atoms with van der Waals surface area (Å²) in [5.41, 5.74) is 3.85. The van der Waals surface area contributed by atoms with Gasteiger partial charge in [0.25, 0.3) is 5.56 Å². The Balaban J connectivity index is 1.47. The highest BCUT2D eigenvalue weighted by Crippen LogP contribution is 2.35. The van der Waals surface area contributed by atoms with Crippen LogP contribution in [0.2, 0.25) is 5.02 Å². The van der Waals surface area contributed by atoms with Crippen LogP contribution >= 0.6 is 38.9 Å². The zero-order chi connectivity index (χ0) is 30.6. The third-order valence-corrected chi connectivity index (χ3v) is 8.90. The van der Waals surface area contributed by atoms with Gasteiger partial charge in [0.1, 0.15) is 12.4 Å². The first-order chi connectivity index (χ1) is 21.4. The first kappa shape index (κ1) is 29.8. The number of hydrogen-bond acceptors (Lipinski definition) is 6. The molecule has 6 rings (SSSR count). The smallest absolute Gasteiger partial charge is 0.338 e. The summed E-state index contributed by atoms with van der Waals surface area (Å²) in [5, 5.41) is 0.549. The van der Waals surface area contributed by atoms with Crippen LogP contribution in [0.15, 0.2) is 123 Å². The molecule has 1 aromatic heterocycles. The van der Waals surface area contributed by atoms with E-state index in [1.165, 1.54) is 11.3 Å². The Morgan fingerprint density at radius 3 is 2.39 bits per heavy atom. The third kappa shape index (κ3) is 6.19. The minimum absolute atomic E-state index is 0.183. The molecule has 2 heterocycles. The van der Waals surface area contributed by atoms with Crippen molar-refractivity contribution in [2.45, 2.75) is 19.6 Å². The fourth-order valence-electron chi connectivity index (χ4n) is 5.01. The molecule has 44 heavy (non-hydrogen) atoms. The van der Waals surface area contributed by atoms with Gasteiger partial charge in [-0.15, -0.1) is 0 Å². The summed E-state index contributed by atoms with van der Waals surface area (Å²) in [5.74, 6) is 0.168. The van der Waals surface area contributed by atoms with Gasteiger partial charge in [0.05, 0.1) is 32.9 Å². The van der Waals surface area contributed by atoms with Gasteiger partial charge in [-0.25, -0.2) is 9.79 Å². The molecule has 0 fully saturated rings. The highest BCUT2D eigenvalue weighted by Gasteiger charge is 2.35. The number of carbonyl (C=O) groups is 1. The largest absolute Gasteiger partial charge is 0.488 e. The van der Waals surface area contributed by atoms with Crippen molar-refractivity contribution in [2.75, 3.05) is 6.61 Å². The lowest BCUT2D eigenvalue weighted by molar-refractivity contribution is -0.138. The lowest BCUT2D eigenvalue weighted by atomic mass is 9.93. The Bertz CT molecular complexity index is 2040. The van der Waals surface area contributed by atoms with Crippen LogP contribution in [0, 0.1) is 0 Å². The predicted molar refractivity (Wildman–Crippen MR) is 177 cm³/mol. The van der Waals surface area contributed by atoms with Crippen molar-refractivity contribution in [1.82, 2.24) is 4.57 Å². The maximum Gasteiger partial charge on any atom is 0.338 e. The number of halogens is 2. The number of fused-ring (bicyclic) bond motifs is 1. The van der Waals surface area contributed by atoms with Crippen molar-refractivity contribution in [2.24, 2.45) is 4.99 Å². The average molecular weight is 686 g/mol. The average Bonchev–Trinajstić information content (AvgIpc) is 3.35. The molecule has 1 aliphatic heterocycles. The second kappa shape index (κ2) is 13.2. The molecule has 5 aromatic rings. The first-order valence-corrected chi connectivity index (χ1v) is 15.9. The number of thiazole rings is 1. The quantitative estimate of drug-likeness (QED) is 0.166. The van der Waals surface area contributed by atoms with E-state index in [2.05, 4.69) is 15.9 Å². The van der Waals surface area contributed by atoms with Crippen molar-refractivity contribution in [3.63, 3.8) is 0 Å². The number of aromatic nitrogens is 1. The van der Waals surface area contributed by atoms with Crippen LogP contribution in [0.3, 0.4) is 0 Å². The predicted octanol–water partition coefficient (Wildman–Crippen LogP) is 6.93. The van der Waals surface area contributed by atoms with Gasteiger partial charge in [0.15, 0.2) is 4.80 Å². The lowest BCUT2D eigenvalue weighted by Crippen LogP contribution is -2.40. The maximum atomic E-state index is 14.1. The summed E-state index contributed by atoms with van der Waals surface area (Å²) in [6.07, 6.45) is 1.82. The molecule has 1 aliphatic rings. The van der Waals surface area contributed by atoms with Crippen LogP contribution in [0.25, 0.3) is 11.8 Å². The van der Waals surface area contributed by atoms with E-state index in [0.717, 1.165) is 26.7 Å². The van der Waals surface area contributed by atoms with Crippen LogP contribution in [-0.4, -0.2) is 17.1 Å². The van der Waals surface area contributed by atoms with E-state index < -0.39 is 12.0 Å². The number of carbonyl (C=O) groups excluding carboxylic acids is 1. The lowest BCUT2D eigenvalue weighted by Gasteiger charge is -2.25. The van der Waals surface area contributed by atoms with E-state index in [4.69, 9.17) is 26.1 Å². The molecule has 0 amide bonds. The highest BCUT2D eigenvalue weighted by molar-refractivity contribution is 9.10. The summed E-state index contributed by atoms with van der Waals surface area (Å²) in [6.45, 7) is 2.38. The third-order valence-electron chi connectivity index (χ3n) is 7.05. The number of ether oxygens (including phenoxy) is 2. The molecule has 0 aliphatic carbocycles. The van der Waals surface area contributed by atoms with Crippen LogP contribution in [0.1, 0.15) is 35.2 Å². The zero-order valence-corrected chi connectivity index (χ0v) is 26.7. The van der Waals surface area contributed by atoms with E-state index in [1.54, 1.807) is 23.6 Å². The SMILES string of the molecule is CCOC(=O)C1=C(c2ccccc2)N=c2s/c(=C\c3ccc(OCc4ccccc4)c(Br)c3)c(=O)n2[C@@H]1c1ccc(Cl)cc1. The van der Waals surface area contributed by atoms with E-state index in [0.29, 0.717) is 38.0 Å². The second-order valence-electron chi connectivity index (χ2n) is 9.95. The van der Waals surface area contributed by atoms with Crippen LogP contribution in [-0.2, 0) is 16.1 Å². The Morgan fingerprint density at radius 1 is 1.00 bits per heavy atom. The van der Waals surface area contributed by atoms with E-state index in [1.807, 2.05) is 97.1 Å². The van der Waals surface area contributed by atoms with Gasteiger partial charge in [-0.2, -0.15) is 0 Å². The number of rotatable bonds is 8. The summed E-state index contributed by atoms with van der Waals surface area (Å²) in [6, 6.07) is 31.5. The standard InChI is InChI=1S/C35H26BrClN2O4S/c1-2-42-34(41)30-31(24-11-7-4-8-12-24)38-35-39(32(30)25-14-16-26(37)17-15-25)33(40)29(44-35)20-23-13-18-28(27(36)19-23)43-21-22-9-5-3-6-10-22/h3-20,32H,2,21H2,1H3/b29-20-/t32-/m1/s1. The molecular formula is C35H26BrClN2O4S. The number of benzene rings is 4. The van der Waals surface area contributed by atoms with Crippen molar-refractivity contribution >= 4 is 56.6 Å². The molecule has 220 valence electrons. The molecule has 4 aromatic carbocycles. The van der Waals surface area contributed by atoms with Gasteiger partial charge in [0, 0.05) is 10.6 Å². The van der Waals surface area contributed by atoms with Crippen LogP contribution in [0.4, 0.5) is 0 Å². The first-order valence-electron chi connectivity index (χ1n) is 13.9. The number of esters is 1. The van der Waals surface area contributed by atoms with E-state index in [9.17, 15) is 9.59 Å². The molecule has 0 radical (unpaired) electrons. The highest BCUT2D eigenvalue weighted by atomic mass is 79.9.